The molecule has 13 rings (SSSR count). The fourth-order valence-corrected chi connectivity index (χ4v) is 11.6. The van der Waals surface area contributed by atoms with Crippen molar-refractivity contribution in [1.29, 1.82) is 0 Å². The van der Waals surface area contributed by atoms with Gasteiger partial charge in [0, 0.05) is 43.7 Å². The number of rotatable bonds is 5. The van der Waals surface area contributed by atoms with Crippen LogP contribution in [-0.2, 0) is 10.8 Å². The molecule has 1 aromatic heterocycles. The monoisotopic (exact) mass is 818 g/mol. The van der Waals surface area contributed by atoms with Crippen molar-refractivity contribution in [3.8, 4) is 39.1 Å². The Labute approximate surface area is 374 Å². The maximum atomic E-state index is 2.57. The van der Waals surface area contributed by atoms with Crippen LogP contribution in [-0.4, -0.2) is 4.57 Å². The van der Waals surface area contributed by atoms with Crippen molar-refractivity contribution in [2.24, 2.45) is 0 Å². The van der Waals surface area contributed by atoms with Gasteiger partial charge in [-0.15, -0.1) is 0 Å². The first-order chi connectivity index (χ1) is 31.3. The summed E-state index contributed by atoms with van der Waals surface area (Å²) in [6.45, 7) is 9.53. The van der Waals surface area contributed by atoms with Crippen LogP contribution in [0.1, 0.15) is 49.9 Å². The standard InChI is InChI=1S/C62H46N2/c1-61(2)52-26-14-12-22-45(52)47-34-33-43(35-54(47)61)63(42-31-29-40(30-32-42)39-17-6-5-7-18-39)58-38-59-60(49-25-11-10-24-48(49)58)51-36-55-50(46-23-13-15-27-53(46)62(55,3)4)37-57(51)64(59)56-28-16-20-41-19-8-9-21-44(41)56/h5-38H,1-4H3. The van der Waals surface area contributed by atoms with Gasteiger partial charge in [0.05, 0.1) is 22.4 Å². The molecule has 0 saturated heterocycles. The average Bonchev–Trinajstić information content (AvgIpc) is 3.87. The van der Waals surface area contributed by atoms with Gasteiger partial charge in [-0.2, -0.15) is 0 Å². The van der Waals surface area contributed by atoms with Crippen molar-refractivity contribution in [2.75, 3.05) is 4.90 Å². The molecule has 0 saturated carbocycles. The number of benzene rings is 10. The number of hydrogen-bond acceptors (Lipinski definition) is 1. The molecular weight excluding hydrogens is 773 g/mol. The van der Waals surface area contributed by atoms with Crippen LogP contribution < -0.4 is 4.90 Å². The Morgan fingerprint density at radius 2 is 0.922 bits per heavy atom. The topological polar surface area (TPSA) is 8.17 Å². The average molecular weight is 819 g/mol. The Kier molecular flexibility index (Phi) is 7.74. The second-order valence-corrected chi connectivity index (χ2v) is 18.9. The molecule has 0 atom stereocenters. The lowest BCUT2D eigenvalue weighted by molar-refractivity contribution is 0.660. The van der Waals surface area contributed by atoms with Crippen molar-refractivity contribution >= 4 is 60.4 Å². The first-order valence-corrected chi connectivity index (χ1v) is 22.6. The van der Waals surface area contributed by atoms with Crippen molar-refractivity contribution in [3.05, 3.63) is 229 Å². The van der Waals surface area contributed by atoms with E-state index in [9.17, 15) is 0 Å². The lowest BCUT2D eigenvalue weighted by Crippen LogP contribution is -2.16. The SMILES string of the molecule is CC1(C)c2ccccc2-c2ccc(N(c3ccc(-c4ccccc4)cc3)c3cc4c(c5ccccc35)c3cc5c(cc3n4-c3cccc4ccccc34)-c3ccccc3C5(C)C)cc21. The van der Waals surface area contributed by atoms with Gasteiger partial charge in [0.2, 0.25) is 0 Å². The highest BCUT2D eigenvalue weighted by Gasteiger charge is 2.38. The Balaban J connectivity index is 1.14. The highest BCUT2D eigenvalue weighted by Crippen LogP contribution is 2.54. The molecule has 0 amide bonds. The molecular formula is C62H46N2. The van der Waals surface area contributed by atoms with E-state index in [1.165, 1.54) is 105 Å². The maximum absolute atomic E-state index is 2.57. The summed E-state index contributed by atoms with van der Waals surface area (Å²) in [5.41, 5.74) is 19.9. The van der Waals surface area contributed by atoms with Crippen LogP contribution in [0.3, 0.4) is 0 Å². The van der Waals surface area contributed by atoms with E-state index in [1.807, 2.05) is 0 Å². The summed E-state index contributed by atoms with van der Waals surface area (Å²) >= 11 is 0. The number of aromatic nitrogens is 1. The van der Waals surface area contributed by atoms with Crippen molar-refractivity contribution in [1.82, 2.24) is 4.57 Å². The molecule has 0 N–H and O–H groups in total. The fraction of sp³-hybridized carbons (Fsp3) is 0.0968. The highest BCUT2D eigenvalue weighted by molar-refractivity contribution is 6.25. The van der Waals surface area contributed by atoms with Gasteiger partial charge < -0.3 is 9.47 Å². The molecule has 0 aliphatic heterocycles. The Bertz CT molecular complexity index is 3710. The van der Waals surface area contributed by atoms with Crippen LogP contribution in [0.2, 0.25) is 0 Å². The Morgan fingerprint density at radius 3 is 1.67 bits per heavy atom. The summed E-state index contributed by atoms with van der Waals surface area (Å²) < 4.78 is 2.57. The predicted molar refractivity (Wildman–Crippen MR) is 271 cm³/mol. The molecule has 0 bridgehead atoms. The highest BCUT2D eigenvalue weighted by atomic mass is 15.1. The number of anilines is 3. The number of hydrogen-bond donors (Lipinski definition) is 0. The summed E-state index contributed by atoms with van der Waals surface area (Å²) in [6.07, 6.45) is 0. The maximum Gasteiger partial charge on any atom is 0.0568 e. The molecule has 304 valence electrons. The minimum atomic E-state index is -0.148. The third-order valence-electron chi connectivity index (χ3n) is 14.8. The van der Waals surface area contributed by atoms with E-state index in [4.69, 9.17) is 0 Å². The minimum absolute atomic E-state index is 0.132. The lowest BCUT2D eigenvalue weighted by Gasteiger charge is -2.29. The van der Waals surface area contributed by atoms with E-state index in [1.54, 1.807) is 0 Å². The van der Waals surface area contributed by atoms with E-state index in [0.29, 0.717) is 0 Å². The van der Waals surface area contributed by atoms with Crippen molar-refractivity contribution in [2.45, 2.75) is 38.5 Å². The van der Waals surface area contributed by atoms with Crippen LogP contribution in [0.5, 0.6) is 0 Å². The predicted octanol–water partition coefficient (Wildman–Crippen LogP) is 16.8. The van der Waals surface area contributed by atoms with Gasteiger partial charge in [-0.1, -0.05) is 185 Å². The molecule has 0 radical (unpaired) electrons. The number of nitrogens with zero attached hydrogens (tertiary/aromatic N) is 2. The van der Waals surface area contributed by atoms with Gasteiger partial charge >= 0.3 is 0 Å². The molecule has 2 heteroatoms. The first-order valence-electron chi connectivity index (χ1n) is 22.6. The third-order valence-corrected chi connectivity index (χ3v) is 14.8. The van der Waals surface area contributed by atoms with Crippen LogP contribution >= 0.6 is 0 Å². The quantitative estimate of drug-likeness (QED) is 0.168. The molecule has 2 nitrogen and oxygen atoms in total. The Hall–Kier alpha value is -7.68. The van der Waals surface area contributed by atoms with Crippen molar-refractivity contribution in [3.63, 3.8) is 0 Å². The van der Waals surface area contributed by atoms with Gasteiger partial charge in [-0.05, 0) is 115 Å². The normalized spacial score (nSPS) is 14.2. The zero-order valence-electron chi connectivity index (χ0n) is 36.5. The summed E-state index contributed by atoms with van der Waals surface area (Å²) in [6, 6.07) is 77.2. The van der Waals surface area contributed by atoms with E-state index >= 15 is 0 Å². The Morgan fingerprint density at radius 1 is 0.359 bits per heavy atom. The van der Waals surface area contributed by atoms with Gasteiger partial charge in [0.15, 0.2) is 0 Å². The van der Waals surface area contributed by atoms with E-state index in [0.717, 1.165) is 17.1 Å². The van der Waals surface area contributed by atoms with Crippen LogP contribution in [0.25, 0.3) is 82.4 Å². The zero-order valence-corrected chi connectivity index (χ0v) is 36.5. The number of fused-ring (bicyclic) bond motifs is 12. The summed E-state index contributed by atoms with van der Waals surface area (Å²) in [5.74, 6) is 0. The molecule has 10 aromatic carbocycles. The van der Waals surface area contributed by atoms with Gasteiger partial charge in [-0.25, -0.2) is 0 Å². The summed E-state index contributed by atoms with van der Waals surface area (Å²) in [5, 5.41) is 7.47. The van der Waals surface area contributed by atoms with Gasteiger partial charge in [0.1, 0.15) is 0 Å². The molecule has 0 unspecified atom stereocenters. The zero-order chi connectivity index (χ0) is 42.9. The van der Waals surface area contributed by atoms with Gasteiger partial charge in [-0.3, -0.25) is 0 Å². The molecule has 64 heavy (non-hydrogen) atoms. The molecule has 2 aliphatic rings. The molecule has 2 aliphatic carbocycles. The second kappa shape index (κ2) is 13.4. The summed E-state index contributed by atoms with van der Waals surface area (Å²) in [7, 11) is 0. The first kappa shape index (κ1) is 36.9. The third kappa shape index (κ3) is 5.14. The van der Waals surface area contributed by atoms with Crippen LogP contribution in [0.15, 0.2) is 206 Å². The van der Waals surface area contributed by atoms with E-state index < -0.39 is 0 Å². The smallest absolute Gasteiger partial charge is 0.0568 e. The molecule has 11 aromatic rings. The van der Waals surface area contributed by atoms with Crippen LogP contribution in [0, 0.1) is 0 Å². The van der Waals surface area contributed by atoms with E-state index in [-0.39, 0.29) is 10.8 Å². The van der Waals surface area contributed by atoms with E-state index in [2.05, 4.69) is 243 Å². The summed E-state index contributed by atoms with van der Waals surface area (Å²) in [4.78, 5) is 2.51. The second-order valence-electron chi connectivity index (χ2n) is 18.9. The van der Waals surface area contributed by atoms with Crippen molar-refractivity contribution < 1.29 is 0 Å². The molecule has 0 fully saturated rings. The molecule has 0 spiro atoms. The van der Waals surface area contributed by atoms with Crippen LogP contribution in [0.4, 0.5) is 17.1 Å². The lowest BCUT2D eigenvalue weighted by atomic mass is 9.82. The largest absolute Gasteiger partial charge is 0.310 e. The fourth-order valence-electron chi connectivity index (χ4n) is 11.6. The minimum Gasteiger partial charge on any atom is -0.310 e. The van der Waals surface area contributed by atoms with Gasteiger partial charge in [0.25, 0.3) is 0 Å². The molecule has 1 heterocycles.